The van der Waals surface area contributed by atoms with E-state index in [9.17, 15) is 18.0 Å². The van der Waals surface area contributed by atoms with E-state index < -0.39 is 11.9 Å². The summed E-state index contributed by atoms with van der Waals surface area (Å²) >= 11 is 0. The van der Waals surface area contributed by atoms with Crippen LogP contribution in [0.3, 0.4) is 0 Å². The van der Waals surface area contributed by atoms with Gasteiger partial charge in [-0.1, -0.05) is 27.7 Å². The molecule has 0 radical (unpaired) electrons. The number of nitrogens with one attached hydrogen (secondary N) is 1. The molecule has 1 amide bonds. The molecule has 0 spiro atoms. The molecule has 19 heavy (non-hydrogen) atoms. The molecule has 0 saturated heterocycles. The summed E-state index contributed by atoms with van der Waals surface area (Å²) in [5.41, 5.74) is -0.574. The zero-order valence-corrected chi connectivity index (χ0v) is 11.5. The quantitative estimate of drug-likeness (QED) is 0.919. The van der Waals surface area contributed by atoms with Crippen molar-refractivity contribution in [1.82, 2.24) is 10.3 Å². The van der Waals surface area contributed by atoms with Gasteiger partial charge in [0.1, 0.15) is 5.69 Å². The summed E-state index contributed by atoms with van der Waals surface area (Å²) in [4.78, 5) is 14.5. The monoisotopic (exact) mass is 276 g/mol. The van der Waals surface area contributed by atoms with Gasteiger partial charge in [-0.25, -0.2) is 0 Å². The molecule has 0 aliphatic rings. The standard InChI is InChI=1S/C11H13F3N2O.C2H6/c1-7(2)10(17)16-6-8-3-4-15-9(5-8)11(12,13)14;1-2/h3-5,7H,6H2,1-2H3,(H,16,17);1-2H3. The van der Waals surface area contributed by atoms with Gasteiger partial charge in [-0.15, -0.1) is 0 Å². The van der Waals surface area contributed by atoms with E-state index >= 15 is 0 Å². The Morgan fingerprint density at radius 2 is 1.95 bits per heavy atom. The Morgan fingerprint density at radius 1 is 1.37 bits per heavy atom. The van der Waals surface area contributed by atoms with E-state index in [2.05, 4.69) is 10.3 Å². The first-order valence-electron chi connectivity index (χ1n) is 6.10. The van der Waals surface area contributed by atoms with E-state index in [1.807, 2.05) is 13.8 Å². The maximum Gasteiger partial charge on any atom is 0.433 e. The second-order valence-corrected chi connectivity index (χ2v) is 3.92. The predicted molar refractivity (Wildman–Crippen MR) is 67.3 cm³/mol. The van der Waals surface area contributed by atoms with E-state index in [1.165, 1.54) is 6.07 Å². The Labute approximate surface area is 111 Å². The molecule has 0 aromatic carbocycles. The van der Waals surface area contributed by atoms with Crippen LogP contribution in [0.25, 0.3) is 0 Å². The van der Waals surface area contributed by atoms with Gasteiger partial charge in [0.2, 0.25) is 5.91 Å². The summed E-state index contributed by atoms with van der Waals surface area (Å²) in [6, 6.07) is 2.37. The number of carbonyl (C=O) groups excluding carboxylic acids is 1. The number of halogens is 3. The molecule has 1 N–H and O–H groups in total. The molecule has 1 aromatic heterocycles. The number of rotatable bonds is 3. The van der Waals surface area contributed by atoms with Crippen LogP contribution in [-0.2, 0) is 17.5 Å². The smallest absolute Gasteiger partial charge is 0.352 e. The molecular formula is C13H19F3N2O. The number of amides is 1. The van der Waals surface area contributed by atoms with Crippen LogP contribution in [0.2, 0.25) is 0 Å². The van der Waals surface area contributed by atoms with Crippen molar-refractivity contribution in [2.75, 3.05) is 0 Å². The summed E-state index contributed by atoms with van der Waals surface area (Å²) in [6.07, 6.45) is -3.38. The minimum Gasteiger partial charge on any atom is -0.352 e. The normalized spacial score (nSPS) is 10.7. The third-order valence-corrected chi connectivity index (χ3v) is 2.11. The molecule has 108 valence electrons. The Kier molecular flexibility index (Phi) is 7.11. The number of hydrogen-bond acceptors (Lipinski definition) is 2. The van der Waals surface area contributed by atoms with Crippen LogP contribution >= 0.6 is 0 Å². The topological polar surface area (TPSA) is 42.0 Å². The average Bonchev–Trinajstić information content (AvgIpc) is 2.37. The second kappa shape index (κ2) is 7.76. The number of aromatic nitrogens is 1. The van der Waals surface area contributed by atoms with Crippen LogP contribution < -0.4 is 5.32 Å². The maximum atomic E-state index is 12.3. The summed E-state index contributed by atoms with van der Waals surface area (Å²) in [5.74, 6) is -0.394. The number of pyridine rings is 1. The average molecular weight is 276 g/mol. The molecule has 0 fully saturated rings. The van der Waals surface area contributed by atoms with E-state index in [-0.39, 0.29) is 18.4 Å². The molecule has 0 atom stereocenters. The molecule has 6 heteroatoms. The lowest BCUT2D eigenvalue weighted by Crippen LogP contribution is -2.27. The van der Waals surface area contributed by atoms with Gasteiger partial charge in [-0.05, 0) is 17.7 Å². The third kappa shape index (κ3) is 6.22. The van der Waals surface area contributed by atoms with Crippen LogP contribution in [-0.4, -0.2) is 10.9 Å². The molecule has 3 nitrogen and oxygen atoms in total. The number of alkyl halides is 3. The number of carbonyl (C=O) groups is 1. The van der Waals surface area contributed by atoms with Crippen molar-refractivity contribution in [2.45, 2.75) is 40.4 Å². The van der Waals surface area contributed by atoms with Gasteiger partial charge < -0.3 is 5.32 Å². The van der Waals surface area contributed by atoms with Crippen molar-refractivity contribution in [3.05, 3.63) is 29.6 Å². The SMILES string of the molecule is CC.CC(C)C(=O)NCc1ccnc(C(F)(F)F)c1. The Hall–Kier alpha value is -1.59. The third-order valence-electron chi connectivity index (χ3n) is 2.11. The van der Waals surface area contributed by atoms with E-state index in [0.29, 0.717) is 5.56 Å². The molecule has 1 aromatic rings. The Morgan fingerprint density at radius 3 is 2.42 bits per heavy atom. The fourth-order valence-corrected chi connectivity index (χ4v) is 1.13. The van der Waals surface area contributed by atoms with Crippen molar-refractivity contribution in [1.29, 1.82) is 0 Å². The Balaban J connectivity index is 0.00000154. The number of hydrogen-bond donors (Lipinski definition) is 1. The van der Waals surface area contributed by atoms with Gasteiger partial charge in [0.15, 0.2) is 0 Å². The molecule has 0 bridgehead atoms. The highest BCUT2D eigenvalue weighted by molar-refractivity contribution is 5.77. The molecule has 0 unspecified atom stereocenters. The highest BCUT2D eigenvalue weighted by atomic mass is 19.4. The fraction of sp³-hybridized carbons (Fsp3) is 0.538. The van der Waals surface area contributed by atoms with Gasteiger partial charge in [-0.2, -0.15) is 13.2 Å². The Bertz CT molecular complexity index is 403. The predicted octanol–water partition coefficient (Wildman–Crippen LogP) is 3.40. The molecular weight excluding hydrogens is 257 g/mol. The summed E-state index contributed by atoms with van der Waals surface area (Å²) in [7, 11) is 0. The first kappa shape index (κ1) is 17.4. The molecule has 0 saturated carbocycles. The zero-order chi connectivity index (χ0) is 15.1. The van der Waals surface area contributed by atoms with Gasteiger partial charge in [0.05, 0.1) is 0 Å². The van der Waals surface area contributed by atoms with Crippen molar-refractivity contribution in [2.24, 2.45) is 5.92 Å². The van der Waals surface area contributed by atoms with Crippen molar-refractivity contribution < 1.29 is 18.0 Å². The van der Waals surface area contributed by atoms with E-state index in [1.54, 1.807) is 13.8 Å². The van der Waals surface area contributed by atoms with Crippen LogP contribution in [0.5, 0.6) is 0 Å². The largest absolute Gasteiger partial charge is 0.433 e. The molecule has 1 heterocycles. The molecule has 1 rings (SSSR count). The van der Waals surface area contributed by atoms with Crippen molar-refractivity contribution in [3.8, 4) is 0 Å². The van der Waals surface area contributed by atoms with Gasteiger partial charge in [0, 0.05) is 18.7 Å². The van der Waals surface area contributed by atoms with Gasteiger partial charge in [0.25, 0.3) is 0 Å². The van der Waals surface area contributed by atoms with Crippen molar-refractivity contribution in [3.63, 3.8) is 0 Å². The first-order chi connectivity index (χ1) is 8.80. The van der Waals surface area contributed by atoms with Crippen LogP contribution in [0.15, 0.2) is 18.3 Å². The molecule has 0 aliphatic carbocycles. The minimum atomic E-state index is -4.46. The minimum absolute atomic E-state index is 0.0720. The fourth-order valence-electron chi connectivity index (χ4n) is 1.13. The number of nitrogens with zero attached hydrogens (tertiary/aromatic N) is 1. The van der Waals surface area contributed by atoms with E-state index in [4.69, 9.17) is 0 Å². The summed E-state index contributed by atoms with van der Waals surface area (Å²) in [5, 5.41) is 2.54. The lowest BCUT2D eigenvalue weighted by Gasteiger charge is -2.09. The van der Waals surface area contributed by atoms with Gasteiger partial charge >= 0.3 is 6.18 Å². The summed E-state index contributed by atoms with van der Waals surface area (Å²) in [6.45, 7) is 7.49. The first-order valence-corrected chi connectivity index (χ1v) is 6.10. The summed E-state index contributed by atoms with van der Waals surface area (Å²) < 4.78 is 37.0. The maximum absolute atomic E-state index is 12.3. The second-order valence-electron chi connectivity index (χ2n) is 3.92. The lowest BCUT2D eigenvalue weighted by molar-refractivity contribution is -0.141. The van der Waals surface area contributed by atoms with Crippen LogP contribution in [0.1, 0.15) is 39.0 Å². The van der Waals surface area contributed by atoms with E-state index in [0.717, 1.165) is 12.3 Å². The van der Waals surface area contributed by atoms with Crippen LogP contribution in [0.4, 0.5) is 13.2 Å². The lowest BCUT2D eigenvalue weighted by atomic mass is 10.2. The van der Waals surface area contributed by atoms with Crippen LogP contribution in [0, 0.1) is 5.92 Å². The molecule has 0 aliphatic heterocycles. The van der Waals surface area contributed by atoms with Crippen molar-refractivity contribution >= 4 is 5.91 Å². The highest BCUT2D eigenvalue weighted by Gasteiger charge is 2.32. The zero-order valence-electron chi connectivity index (χ0n) is 11.5. The highest BCUT2D eigenvalue weighted by Crippen LogP contribution is 2.27. The van der Waals surface area contributed by atoms with Gasteiger partial charge in [-0.3, -0.25) is 9.78 Å².